The fraction of sp³-hybridized carbons (Fsp3) is 0.105. The summed E-state index contributed by atoms with van der Waals surface area (Å²) in [5.41, 5.74) is 2.27. The van der Waals surface area contributed by atoms with E-state index in [1.54, 1.807) is 42.9 Å². The first-order valence-electron chi connectivity index (χ1n) is 7.82. The summed E-state index contributed by atoms with van der Waals surface area (Å²) < 4.78 is 13.1. The SMILES string of the molecule is O=C(Cc1cccc(F)c1)Nc1ccc(NCc2cccnc2)nc1. The molecular formula is C19H17FN4O. The van der Waals surface area contributed by atoms with Gasteiger partial charge in [0, 0.05) is 18.9 Å². The zero-order valence-electron chi connectivity index (χ0n) is 13.4. The van der Waals surface area contributed by atoms with Crippen molar-refractivity contribution in [1.29, 1.82) is 0 Å². The number of halogens is 1. The molecule has 2 heterocycles. The van der Waals surface area contributed by atoms with Gasteiger partial charge in [0.05, 0.1) is 18.3 Å². The first-order valence-corrected chi connectivity index (χ1v) is 7.82. The highest BCUT2D eigenvalue weighted by molar-refractivity contribution is 5.92. The number of nitrogens with one attached hydrogen (secondary N) is 2. The van der Waals surface area contributed by atoms with Gasteiger partial charge >= 0.3 is 0 Å². The second-order valence-electron chi connectivity index (χ2n) is 5.50. The quantitative estimate of drug-likeness (QED) is 0.724. The van der Waals surface area contributed by atoms with Crippen LogP contribution in [0.4, 0.5) is 15.9 Å². The molecule has 0 aliphatic heterocycles. The van der Waals surface area contributed by atoms with Crippen LogP contribution in [0, 0.1) is 5.82 Å². The molecule has 5 nitrogen and oxygen atoms in total. The zero-order valence-corrected chi connectivity index (χ0v) is 13.4. The Balaban J connectivity index is 1.52. The Labute approximate surface area is 145 Å². The van der Waals surface area contributed by atoms with Crippen molar-refractivity contribution in [3.05, 3.63) is 84.1 Å². The highest BCUT2D eigenvalue weighted by Crippen LogP contribution is 2.12. The van der Waals surface area contributed by atoms with Crippen LogP contribution in [0.25, 0.3) is 0 Å². The first-order chi connectivity index (χ1) is 12.2. The lowest BCUT2D eigenvalue weighted by Crippen LogP contribution is -2.14. The molecule has 0 fully saturated rings. The molecule has 0 radical (unpaired) electrons. The van der Waals surface area contributed by atoms with Crippen LogP contribution in [0.5, 0.6) is 0 Å². The molecule has 0 aliphatic rings. The van der Waals surface area contributed by atoms with Crippen LogP contribution in [0.2, 0.25) is 0 Å². The lowest BCUT2D eigenvalue weighted by molar-refractivity contribution is -0.115. The molecule has 2 N–H and O–H groups in total. The van der Waals surface area contributed by atoms with Gasteiger partial charge in [0.2, 0.25) is 5.91 Å². The first kappa shape index (κ1) is 16.6. The summed E-state index contributed by atoms with van der Waals surface area (Å²) in [6, 6.07) is 13.4. The Morgan fingerprint density at radius 1 is 1.04 bits per heavy atom. The molecule has 3 rings (SSSR count). The molecule has 1 aromatic carbocycles. The van der Waals surface area contributed by atoms with E-state index in [0.29, 0.717) is 23.6 Å². The third kappa shape index (κ3) is 5.10. The Bertz CT molecular complexity index is 838. The van der Waals surface area contributed by atoms with E-state index in [1.165, 1.54) is 12.1 Å². The molecule has 1 amide bonds. The minimum absolute atomic E-state index is 0.110. The van der Waals surface area contributed by atoms with Crippen LogP contribution in [0.3, 0.4) is 0 Å². The third-order valence-corrected chi connectivity index (χ3v) is 3.50. The van der Waals surface area contributed by atoms with E-state index in [1.807, 2.05) is 12.1 Å². The molecule has 0 bridgehead atoms. The highest BCUT2D eigenvalue weighted by Gasteiger charge is 2.05. The van der Waals surface area contributed by atoms with Crippen molar-refractivity contribution in [3.8, 4) is 0 Å². The molecule has 25 heavy (non-hydrogen) atoms. The van der Waals surface area contributed by atoms with E-state index in [4.69, 9.17) is 0 Å². The monoisotopic (exact) mass is 336 g/mol. The zero-order chi connectivity index (χ0) is 17.5. The molecule has 6 heteroatoms. The molecule has 0 atom stereocenters. The predicted octanol–water partition coefficient (Wildman–Crippen LogP) is 3.41. The van der Waals surface area contributed by atoms with Gasteiger partial charge in [-0.3, -0.25) is 9.78 Å². The number of rotatable bonds is 6. The normalized spacial score (nSPS) is 10.3. The standard InChI is InChI=1S/C19H17FN4O/c20-16-5-1-3-14(9-16)10-19(25)24-17-6-7-18(23-13-17)22-12-15-4-2-8-21-11-15/h1-9,11,13H,10,12H2,(H,22,23)(H,24,25). The van der Waals surface area contributed by atoms with E-state index in [2.05, 4.69) is 20.6 Å². The van der Waals surface area contributed by atoms with E-state index in [-0.39, 0.29) is 18.1 Å². The Kier molecular flexibility index (Phi) is 5.31. The number of hydrogen-bond donors (Lipinski definition) is 2. The number of carbonyl (C=O) groups is 1. The van der Waals surface area contributed by atoms with Crippen molar-refractivity contribution in [2.24, 2.45) is 0 Å². The number of hydrogen-bond acceptors (Lipinski definition) is 4. The molecule has 0 saturated carbocycles. The summed E-state index contributed by atoms with van der Waals surface area (Å²) in [6.07, 6.45) is 5.20. The number of pyridine rings is 2. The van der Waals surface area contributed by atoms with Crippen LogP contribution < -0.4 is 10.6 Å². The van der Waals surface area contributed by atoms with Crippen molar-refractivity contribution in [3.63, 3.8) is 0 Å². The molecular weight excluding hydrogens is 319 g/mol. The number of anilines is 2. The van der Waals surface area contributed by atoms with Crippen molar-refractivity contribution in [2.75, 3.05) is 10.6 Å². The van der Waals surface area contributed by atoms with E-state index in [9.17, 15) is 9.18 Å². The largest absolute Gasteiger partial charge is 0.366 e. The van der Waals surface area contributed by atoms with E-state index in [0.717, 1.165) is 5.56 Å². The van der Waals surface area contributed by atoms with Crippen LogP contribution in [0.1, 0.15) is 11.1 Å². The predicted molar refractivity (Wildman–Crippen MR) is 94.5 cm³/mol. The van der Waals surface area contributed by atoms with E-state index >= 15 is 0 Å². The fourth-order valence-corrected chi connectivity index (χ4v) is 2.31. The van der Waals surface area contributed by atoms with E-state index < -0.39 is 0 Å². The highest BCUT2D eigenvalue weighted by atomic mass is 19.1. The smallest absolute Gasteiger partial charge is 0.228 e. The molecule has 0 aliphatic carbocycles. The second kappa shape index (κ2) is 8.01. The number of nitrogens with zero attached hydrogens (tertiary/aromatic N) is 2. The Morgan fingerprint density at radius 3 is 2.64 bits per heavy atom. The van der Waals surface area contributed by atoms with Gasteiger partial charge < -0.3 is 10.6 Å². The summed E-state index contributed by atoms with van der Waals surface area (Å²) in [5.74, 6) is 0.131. The average Bonchev–Trinajstić information content (AvgIpc) is 2.62. The van der Waals surface area contributed by atoms with Crippen molar-refractivity contribution >= 4 is 17.4 Å². The van der Waals surface area contributed by atoms with Crippen LogP contribution in [0.15, 0.2) is 67.1 Å². The summed E-state index contributed by atoms with van der Waals surface area (Å²) in [4.78, 5) is 20.3. The molecule has 2 aromatic heterocycles. The maximum absolute atomic E-state index is 13.1. The van der Waals surface area contributed by atoms with Crippen LogP contribution in [-0.4, -0.2) is 15.9 Å². The van der Waals surface area contributed by atoms with Crippen molar-refractivity contribution in [1.82, 2.24) is 9.97 Å². The summed E-state index contributed by atoms with van der Waals surface area (Å²) in [5, 5.41) is 5.93. The topological polar surface area (TPSA) is 66.9 Å². The Hall–Kier alpha value is -3.28. The van der Waals surface area contributed by atoms with Crippen molar-refractivity contribution in [2.45, 2.75) is 13.0 Å². The molecule has 0 unspecified atom stereocenters. The fourth-order valence-electron chi connectivity index (χ4n) is 2.31. The molecule has 0 saturated heterocycles. The maximum atomic E-state index is 13.1. The number of amides is 1. The van der Waals surface area contributed by atoms with Gasteiger partial charge in [0.1, 0.15) is 11.6 Å². The minimum Gasteiger partial charge on any atom is -0.366 e. The summed E-state index contributed by atoms with van der Waals surface area (Å²) >= 11 is 0. The minimum atomic E-state index is -0.351. The van der Waals surface area contributed by atoms with Gasteiger partial charge in [-0.05, 0) is 41.5 Å². The van der Waals surface area contributed by atoms with Crippen molar-refractivity contribution < 1.29 is 9.18 Å². The Morgan fingerprint density at radius 2 is 1.92 bits per heavy atom. The number of carbonyl (C=O) groups excluding carboxylic acids is 1. The molecule has 126 valence electrons. The molecule has 3 aromatic rings. The molecule has 0 spiro atoms. The van der Waals surface area contributed by atoms with Crippen LogP contribution in [-0.2, 0) is 17.8 Å². The second-order valence-corrected chi connectivity index (χ2v) is 5.50. The van der Waals surface area contributed by atoms with Gasteiger partial charge in [-0.1, -0.05) is 18.2 Å². The van der Waals surface area contributed by atoms with Gasteiger partial charge in [-0.2, -0.15) is 0 Å². The van der Waals surface area contributed by atoms with Gasteiger partial charge in [0.25, 0.3) is 0 Å². The summed E-state index contributed by atoms with van der Waals surface area (Å²) in [7, 11) is 0. The average molecular weight is 336 g/mol. The van der Waals surface area contributed by atoms with Gasteiger partial charge in [-0.25, -0.2) is 9.37 Å². The van der Waals surface area contributed by atoms with Gasteiger partial charge in [-0.15, -0.1) is 0 Å². The van der Waals surface area contributed by atoms with Gasteiger partial charge in [0.15, 0.2) is 0 Å². The van der Waals surface area contributed by atoms with Crippen LogP contribution >= 0.6 is 0 Å². The lowest BCUT2D eigenvalue weighted by atomic mass is 10.1. The maximum Gasteiger partial charge on any atom is 0.228 e. The number of benzene rings is 1. The lowest BCUT2D eigenvalue weighted by Gasteiger charge is -2.08. The third-order valence-electron chi connectivity index (χ3n) is 3.50. The summed E-state index contributed by atoms with van der Waals surface area (Å²) in [6.45, 7) is 0.617. The number of aromatic nitrogens is 2.